The van der Waals surface area contributed by atoms with Gasteiger partial charge in [0.25, 0.3) is 0 Å². The van der Waals surface area contributed by atoms with Crippen LogP contribution in [0, 0.1) is 0 Å². The van der Waals surface area contributed by atoms with E-state index in [4.69, 9.17) is 20.7 Å². The van der Waals surface area contributed by atoms with E-state index in [1.165, 1.54) is 10.5 Å². The Bertz CT molecular complexity index is 1270. The molecule has 0 heterocycles. The molecule has 52 heavy (non-hydrogen) atoms. The lowest BCUT2D eigenvalue weighted by molar-refractivity contribution is -0.145. The first-order valence-electron chi connectivity index (χ1n) is 17.4. The van der Waals surface area contributed by atoms with Gasteiger partial charge in [0, 0.05) is 26.1 Å². The van der Waals surface area contributed by atoms with Crippen molar-refractivity contribution in [1.29, 1.82) is 0 Å². The monoisotopic (exact) mass is 739 g/mol. The van der Waals surface area contributed by atoms with Crippen molar-refractivity contribution in [3.8, 4) is 11.1 Å². The second-order valence-corrected chi connectivity index (χ2v) is 12.9. The predicted molar refractivity (Wildman–Crippen MR) is 189 cm³/mol. The summed E-state index contributed by atoms with van der Waals surface area (Å²) >= 11 is 0. The molecular formula is C36H57N3O13. The summed E-state index contributed by atoms with van der Waals surface area (Å²) in [6.45, 7) is -2.41. The van der Waals surface area contributed by atoms with Gasteiger partial charge in [0.15, 0.2) is 0 Å². The number of unbranched alkanes of at least 4 members (excludes halogenated alkanes) is 1. The van der Waals surface area contributed by atoms with Crippen LogP contribution in [0.4, 0.5) is 0 Å². The number of esters is 1. The summed E-state index contributed by atoms with van der Waals surface area (Å²) in [6, 6.07) is 14.9. The molecule has 2 rings (SSSR count). The van der Waals surface area contributed by atoms with Crippen molar-refractivity contribution in [3.05, 3.63) is 59.7 Å². The molecule has 0 aromatic heterocycles. The molecule has 1 amide bonds. The van der Waals surface area contributed by atoms with Crippen LogP contribution in [-0.4, -0.2) is 169 Å². The third-order valence-electron chi connectivity index (χ3n) is 8.90. The number of hydrogen-bond acceptors (Lipinski definition) is 15. The second kappa shape index (κ2) is 23.5. The Morgan fingerprint density at radius 3 is 1.56 bits per heavy atom. The first kappa shape index (κ1) is 45.1. The number of benzene rings is 2. The number of carbonyl (C=O) groups excluding carboxylic acids is 2. The largest absolute Gasteiger partial charge is 0.467 e. The van der Waals surface area contributed by atoms with E-state index in [9.17, 15) is 50.4 Å². The Morgan fingerprint density at radius 1 is 0.692 bits per heavy atom. The van der Waals surface area contributed by atoms with Gasteiger partial charge in [-0.05, 0) is 60.9 Å². The quantitative estimate of drug-likeness (QED) is 0.0353. The number of rotatable bonds is 25. The SMILES string of the molecule is COC(=O)[C@H](CCN(C[C@H](O)[C@@H](O)[C@H](O)[C@H](O)CO)C[C@H](O)[C@@H](O)[C@H](O)[C@H](O)CO)NC(=O)CCc1ccc(-c2ccc(CCCCN)cc2)cc1. The number of carbonyl (C=O) groups is 2. The number of nitrogens with two attached hydrogens (primary N) is 1. The predicted octanol–water partition coefficient (Wildman–Crippen LogP) is -3.21. The highest BCUT2D eigenvalue weighted by Crippen LogP contribution is 2.22. The smallest absolute Gasteiger partial charge is 0.328 e. The van der Waals surface area contributed by atoms with Gasteiger partial charge in [-0.25, -0.2) is 4.79 Å². The fraction of sp³-hybridized carbons (Fsp3) is 0.611. The molecule has 0 saturated heterocycles. The molecule has 0 radical (unpaired) electrons. The fourth-order valence-corrected chi connectivity index (χ4v) is 5.56. The molecule has 2 aromatic rings. The number of aryl methyl sites for hydroxylation is 2. The summed E-state index contributed by atoms with van der Waals surface area (Å²) in [4.78, 5) is 26.8. The maximum atomic E-state index is 12.9. The minimum atomic E-state index is -1.98. The molecular weight excluding hydrogens is 682 g/mol. The molecule has 9 atom stereocenters. The molecule has 294 valence electrons. The van der Waals surface area contributed by atoms with E-state index in [1.807, 2.05) is 24.3 Å². The topological polar surface area (TPSA) is 287 Å². The van der Waals surface area contributed by atoms with E-state index in [0.29, 0.717) is 13.0 Å². The maximum Gasteiger partial charge on any atom is 0.328 e. The minimum Gasteiger partial charge on any atom is -0.467 e. The first-order valence-corrected chi connectivity index (χ1v) is 17.4. The average Bonchev–Trinajstić information content (AvgIpc) is 3.16. The van der Waals surface area contributed by atoms with Crippen LogP contribution >= 0.6 is 0 Å². The molecule has 0 saturated carbocycles. The van der Waals surface area contributed by atoms with Crippen LogP contribution < -0.4 is 11.1 Å². The lowest BCUT2D eigenvalue weighted by Crippen LogP contribution is -2.54. The van der Waals surface area contributed by atoms with Crippen LogP contribution in [0.15, 0.2) is 48.5 Å². The maximum absolute atomic E-state index is 12.9. The first-order chi connectivity index (χ1) is 24.8. The van der Waals surface area contributed by atoms with Crippen molar-refractivity contribution >= 4 is 11.9 Å². The zero-order chi connectivity index (χ0) is 38.8. The van der Waals surface area contributed by atoms with Gasteiger partial charge in [-0.1, -0.05) is 48.5 Å². The van der Waals surface area contributed by atoms with E-state index >= 15 is 0 Å². The zero-order valence-corrected chi connectivity index (χ0v) is 29.5. The number of hydrogen-bond donors (Lipinski definition) is 12. The Hall–Kier alpha value is -3.10. The number of nitrogens with zero attached hydrogens (tertiary/aromatic N) is 1. The van der Waals surface area contributed by atoms with Gasteiger partial charge in [0.05, 0.1) is 32.5 Å². The summed E-state index contributed by atoms with van der Waals surface area (Å²) in [5.74, 6) is -1.27. The number of aliphatic hydroxyl groups excluding tert-OH is 10. The van der Waals surface area contributed by atoms with Gasteiger partial charge in [-0.2, -0.15) is 0 Å². The Balaban J connectivity index is 2.07. The molecule has 0 bridgehead atoms. The van der Waals surface area contributed by atoms with Crippen molar-refractivity contribution in [2.24, 2.45) is 5.73 Å². The van der Waals surface area contributed by atoms with E-state index in [0.717, 1.165) is 43.1 Å². The molecule has 0 unspecified atom stereocenters. The van der Waals surface area contributed by atoms with Gasteiger partial charge in [0.2, 0.25) is 5.91 Å². The molecule has 0 aliphatic rings. The summed E-state index contributed by atoms with van der Waals surface area (Å²) in [5, 5.41) is 102. The molecule has 13 N–H and O–H groups in total. The van der Waals surface area contributed by atoms with Crippen LogP contribution in [0.3, 0.4) is 0 Å². The van der Waals surface area contributed by atoms with Crippen molar-refractivity contribution in [2.75, 3.05) is 46.5 Å². The average molecular weight is 740 g/mol. The zero-order valence-electron chi connectivity index (χ0n) is 29.5. The summed E-state index contributed by atoms with van der Waals surface area (Å²) in [7, 11) is 1.12. The lowest BCUT2D eigenvalue weighted by atomic mass is 9.99. The molecule has 0 spiro atoms. The van der Waals surface area contributed by atoms with Gasteiger partial charge in [-0.3, -0.25) is 9.69 Å². The van der Waals surface area contributed by atoms with E-state index in [1.54, 1.807) is 0 Å². The Kier molecular flexibility index (Phi) is 20.4. The molecule has 0 aliphatic carbocycles. The highest BCUT2D eigenvalue weighted by molar-refractivity contribution is 5.84. The third-order valence-corrected chi connectivity index (χ3v) is 8.90. The molecule has 2 aromatic carbocycles. The second-order valence-electron chi connectivity index (χ2n) is 12.9. The molecule has 0 fully saturated rings. The van der Waals surface area contributed by atoms with Crippen LogP contribution in [0.5, 0.6) is 0 Å². The van der Waals surface area contributed by atoms with Crippen LogP contribution in [0.25, 0.3) is 11.1 Å². The van der Waals surface area contributed by atoms with Crippen molar-refractivity contribution in [2.45, 2.75) is 93.4 Å². The third kappa shape index (κ3) is 14.7. The van der Waals surface area contributed by atoms with E-state index in [2.05, 4.69) is 29.6 Å². The van der Waals surface area contributed by atoms with Crippen LogP contribution in [-0.2, 0) is 27.2 Å². The van der Waals surface area contributed by atoms with Crippen molar-refractivity contribution in [3.63, 3.8) is 0 Å². The number of ether oxygens (including phenoxy) is 1. The number of amides is 1. The van der Waals surface area contributed by atoms with E-state index in [-0.39, 0.29) is 19.4 Å². The molecule has 16 heteroatoms. The molecule has 16 nitrogen and oxygen atoms in total. The molecule has 0 aliphatic heterocycles. The number of aliphatic hydroxyl groups is 10. The van der Waals surface area contributed by atoms with Crippen molar-refractivity contribution in [1.82, 2.24) is 10.2 Å². The highest BCUT2D eigenvalue weighted by atomic mass is 16.5. The minimum absolute atomic E-state index is 0.0278. The normalized spacial score (nSPS) is 17.0. The van der Waals surface area contributed by atoms with E-state index < -0.39 is 93.1 Å². The summed E-state index contributed by atoms with van der Waals surface area (Å²) in [5.41, 5.74) is 9.79. The van der Waals surface area contributed by atoms with Crippen molar-refractivity contribution < 1.29 is 65.4 Å². The summed E-state index contributed by atoms with van der Waals surface area (Å²) < 4.78 is 4.85. The Labute approximate surface area is 303 Å². The van der Waals surface area contributed by atoms with Gasteiger partial charge >= 0.3 is 5.97 Å². The number of nitrogens with one attached hydrogen (secondary N) is 1. The summed E-state index contributed by atoms with van der Waals surface area (Å²) in [6.07, 6.45) is -11.8. The standard InChI is InChI=1S/C36H57N3O13/c1-52-36(51)26(38-31(46)14-9-23-7-12-25(13-8-23)24-10-5-22(6-11-24)4-2-3-16-37)15-17-39(18-27(42)32(47)34(49)29(44)20-40)19-28(43)33(48)35(50)30(45)21-41/h5-8,10-13,26-30,32-35,40-45,47-50H,2-4,9,14-21,37H2,1H3,(H,38,46)/t26-,27-,28-,29+,30+,32+,33+,34+,35+/m0/s1. The fourth-order valence-electron chi connectivity index (χ4n) is 5.56. The lowest BCUT2D eigenvalue weighted by Gasteiger charge is -2.34. The van der Waals surface area contributed by atoms with Gasteiger partial charge in [-0.15, -0.1) is 0 Å². The van der Waals surface area contributed by atoms with Gasteiger partial charge in [0.1, 0.15) is 42.7 Å². The highest BCUT2D eigenvalue weighted by Gasteiger charge is 2.35. The number of methoxy groups -OCH3 is 1. The Morgan fingerprint density at radius 2 is 1.13 bits per heavy atom. The van der Waals surface area contributed by atoms with Gasteiger partial charge < -0.3 is 66.9 Å². The van der Waals surface area contributed by atoms with Crippen LogP contribution in [0.1, 0.15) is 36.8 Å². The van der Waals surface area contributed by atoms with Crippen LogP contribution in [0.2, 0.25) is 0 Å².